The van der Waals surface area contributed by atoms with Gasteiger partial charge in [-0.1, -0.05) is 38.1 Å². The standard InChI is InChI=1S/C28H26N4/c1-3-11-29-17-19-5-7-21-15-23-24-16-22-8-6-20(18-30-12-4-2)14-28(22)32-26(24)10-9-25(23)31-27(21)13-19/h5-10,13-18H,3-4,11-12H2,1-2H3. The second-order valence-corrected chi connectivity index (χ2v) is 8.15. The van der Waals surface area contributed by atoms with Crippen LogP contribution in [0.3, 0.4) is 0 Å². The average Bonchev–Trinajstić information content (AvgIpc) is 2.82. The van der Waals surface area contributed by atoms with Gasteiger partial charge >= 0.3 is 0 Å². The largest absolute Gasteiger partial charge is 0.293 e. The Labute approximate surface area is 187 Å². The number of rotatable bonds is 6. The van der Waals surface area contributed by atoms with Crippen LogP contribution < -0.4 is 0 Å². The van der Waals surface area contributed by atoms with Crippen molar-refractivity contribution < 1.29 is 0 Å². The fraction of sp³-hybridized carbons (Fsp3) is 0.214. The molecule has 0 atom stereocenters. The Morgan fingerprint density at radius 2 is 1.06 bits per heavy atom. The average molecular weight is 419 g/mol. The van der Waals surface area contributed by atoms with Gasteiger partial charge in [-0.3, -0.25) is 9.98 Å². The smallest absolute Gasteiger partial charge is 0.0717 e. The molecule has 0 saturated heterocycles. The Balaban J connectivity index is 1.62. The lowest BCUT2D eigenvalue weighted by atomic mass is 10.0. The van der Waals surface area contributed by atoms with Crippen molar-refractivity contribution in [2.45, 2.75) is 26.7 Å². The van der Waals surface area contributed by atoms with Crippen molar-refractivity contribution in [3.8, 4) is 0 Å². The molecule has 3 aromatic carbocycles. The Morgan fingerprint density at radius 3 is 1.50 bits per heavy atom. The maximum absolute atomic E-state index is 4.95. The van der Waals surface area contributed by atoms with Crippen molar-refractivity contribution in [1.82, 2.24) is 9.97 Å². The van der Waals surface area contributed by atoms with E-state index in [4.69, 9.17) is 9.97 Å². The molecule has 0 bridgehead atoms. The highest BCUT2D eigenvalue weighted by Crippen LogP contribution is 2.29. The van der Waals surface area contributed by atoms with Gasteiger partial charge in [0, 0.05) is 47.1 Å². The van der Waals surface area contributed by atoms with Crippen LogP contribution in [0.1, 0.15) is 37.8 Å². The van der Waals surface area contributed by atoms with Crippen molar-refractivity contribution in [1.29, 1.82) is 0 Å². The number of aromatic nitrogens is 2. The van der Waals surface area contributed by atoms with Crippen LogP contribution in [0.25, 0.3) is 43.6 Å². The number of benzene rings is 3. The minimum atomic E-state index is 0.850. The summed E-state index contributed by atoms with van der Waals surface area (Å²) in [6.45, 7) is 5.97. The molecule has 5 rings (SSSR count). The van der Waals surface area contributed by atoms with Crippen LogP contribution in [-0.2, 0) is 0 Å². The quantitative estimate of drug-likeness (QED) is 0.174. The van der Waals surface area contributed by atoms with E-state index in [1.165, 1.54) is 0 Å². The monoisotopic (exact) mass is 418 g/mol. The molecule has 32 heavy (non-hydrogen) atoms. The van der Waals surface area contributed by atoms with Gasteiger partial charge in [0.25, 0.3) is 0 Å². The van der Waals surface area contributed by atoms with Crippen LogP contribution in [0.15, 0.2) is 70.6 Å². The lowest BCUT2D eigenvalue weighted by Gasteiger charge is -2.08. The third-order valence-corrected chi connectivity index (χ3v) is 5.62. The molecule has 0 unspecified atom stereocenters. The van der Waals surface area contributed by atoms with E-state index in [1.807, 2.05) is 12.4 Å². The Morgan fingerprint density at radius 1 is 0.594 bits per heavy atom. The molecule has 0 aliphatic carbocycles. The summed E-state index contributed by atoms with van der Waals surface area (Å²) in [6, 6.07) is 21.3. The van der Waals surface area contributed by atoms with Gasteiger partial charge in [0.1, 0.15) is 0 Å². The van der Waals surface area contributed by atoms with Crippen molar-refractivity contribution in [2.75, 3.05) is 13.1 Å². The first-order valence-corrected chi connectivity index (χ1v) is 11.3. The van der Waals surface area contributed by atoms with Gasteiger partial charge in [0.05, 0.1) is 22.1 Å². The third-order valence-electron chi connectivity index (χ3n) is 5.62. The molecular weight excluding hydrogens is 392 g/mol. The molecule has 5 aromatic rings. The number of fused-ring (bicyclic) bond motifs is 5. The molecule has 0 aliphatic heterocycles. The zero-order valence-electron chi connectivity index (χ0n) is 18.5. The summed E-state index contributed by atoms with van der Waals surface area (Å²) in [5.74, 6) is 0. The van der Waals surface area contributed by atoms with Gasteiger partial charge in [-0.2, -0.15) is 0 Å². The minimum Gasteiger partial charge on any atom is -0.293 e. The molecule has 0 N–H and O–H groups in total. The predicted octanol–water partition coefficient (Wildman–Crippen LogP) is 6.75. The lowest BCUT2D eigenvalue weighted by Crippen LogP contribution is -1.90. The van der Waals surface area contributed by atoms with E-state index < -0.39 is 0 Å². The first-order chi connectivity index (χ1) is 15.7. The number of hydrogen-bond donors (Lipinski definition) is 0. The third kappa shape index (κ3) is 3.96. The van der Waals surface area contributed by atoms with Crippen LogP contribution >= 0.6 is 0 Å². The molecule has 0 saturated carbocycles. The molecule has 0 spiro atoms. The van der Waals surface area contributed by atoms with Crippen molar-refractivity contribution in [3.63, 3.8) is 0 Å². The number of nitrogens with zero attached hydrogens (tertiary/aromatic N) is 4. The van der Waals surface area contributed by atoms with Crippen molar-refractivity contribution >= 4 is 56.0 Å². The summed E-state index contributed by atoms with van der Waals surface area (Å²) in [5.41, 5.74) is 6.12. The van der Waals surface area contributed by atoms with Gasteiger partial charge in [-0.05, 0) is 60.4 Å². The summed E-state index contributed by atoms with van der Waals surface area (Å²) >= 11 is 0. The van der Waals surface area contributed by atoms with Gasteiger partial charge in [0.15, 0.2) is 0 Å². The molecule has 0 aliphatic rings. The Bertz CT molecular complexity index is 1380. The van der Waals surface area contributed by atoms with Crippen LogP contribution in [0.4, 0.5) is 0 Å². The Kier molecular flexibility index (Phi) is 5.59. The van der Waals surface area contributed by atoms with Gasteiger partial charge in [-0.25, -0.2) is 9.97 Å². The second-order valence-electron chi connectivity index (χ2n) is 8.15. The van der Waals surface area contributed by atoms with Crippen molar-refractivity contribution in [2.24, 2.45) is 9.98 Å². The van der Waals surface area contributed by atoms with Crippen molar-refractivity contribution in [3.05, 3.63) is 71.8 Å². The maximum atomic E-state index is 4.95. The van der Waals surface area contributed by atoms with Crippen LogP contribution in [-0.4, -0.2) is 35.5 Å². The fourth-order valence-corrected chi connectivity index (χ4v) is 4.00. The van der Waals surface area contributed by atoms with E-state index in [2.05, 4.69) is 84.5 Å². The van der Waals surface area contributed by atoms with Gasteiger partial charge < -0.3 is 0 Å². The highest BCUT2D eigenvalue weighted by molar-refractivity contribution is 6.11. The van der Waals surface area contributed by atoms with E-state index in [9.17, 15) is 0 Å². The van der Waals surface area contributed by atoms with E-state index in [0.717, 1.165) is 80.7 Å². The molecular formula is C28H26N4. The van der Waals surface area contributed by atoms with Crippen LogP contribution in [0.2, 0.25) is 0 Å². The maximum Gasteiger partial charge on any atom is 0.0717 e. The summed E-state index contributed by atoms with van der Waals surface area (Å²) in [6.07, 6.45) is 5.98. The molecule has 2 heterocycles. The minimum absolute atomic E-state index is 0.850. The molecule has 2 aromatic heterocycles. The summed E-state index contributed by atoms with van der Waals surface area (Å²) in [4.78, 5) is 18.8. The molecule has 4 nitrogen and oxygen atoms in total. The van der Waals surface area contributed by atoms with E-state index in [0.29, 0.717) is 0 Å². The highest BCUT2D eigenvalue weighted by atomic mass is 14.7. The SMILES string of the molecule is CCCN=Cc1ccc2cc3c(ccc4nc5cc(C=NCCC)ccc5cc43)nc2c1. The molecule has 0 amide bonds. The first-order valence-electron chi connectivity index (χ1n) is 11.3. The number of pyridine rings is 2. The topological polar surface area (TPSA) is 50.5 Å². The fourth-order valence-electron chi connectivity index (χ4n) is 4.00. The number of hydrogen-bond acceptors (Lipinski definition) is 4. The Hall–Kier alpha value is -3.66. The van der Waals surface area contributed by atoms with E-state index in [-0.39, 0.29) is 0 Å². The van der Waals surface area contributed by atoms with Gasteiger partial charge in [0.2, 0.25) is 0 Å². The lowest BCUT2D eigenvalue weighted by molar-refractivity contribution is 0.937. The summed E-state index contributed by atoms with van der Waals surface area (Å²) < 4.78 is 0. The summed E-state index contributed by atoms with van der Waals surface area (Å²) in [7, 11) is 0. The summed E-state index contributed by atoms with van der Waals surface area (Å²) in [5, 5.41) is 4.51. The normalized spacial score (nSPS) is 12.3. The predicted molar refractivity (Wildman–Crippen MR) is 138 cm³/mol. The molecule has 0 radical (unpaired) electrons. The van der Waals surface area contributed by atoms with Crippen LogP contribution in [0, 0.1) is 0 Å². The number of aliphatic imine (C=N–C) groups is 2. The van der Waals surface area contributed by atoms with E-state index >= 15 is 0 Å². The molecule has 0 fully saturated rings. The molecule has 158 valence electrons. The zero-order valence-corrected chi connectivity index (χ0v) is 18.5. The van der Waals surface area contributed by atoms with Gasteiger partial charge in [-0.15, -0.1) is 0 Å². The van der Waals surface area contributed by atoms with E-state index in [1.54, 1.807) is 0 Å². The molecule has 4 heteroatoms. The zero-order chi connectivity index (χ0) is 21.9. The second kappa shape index (κ2) is 8.83. The highest BCUT2D eigenvalue weighted by Gasteiger charge is 2.08. The first kappa shape index (κ1) is 20.3. The van der Waals surface area contributed by atoms with Crippen LogP contribution in [0.5, 0.6) is 0 Å².